The van der Waals surface area contributed by atoms with Crippen LogP contribution in [-0.4, -0.2) is 63.6 Å². The summed E-state index contributed by atoms with van der Waals surface area (Å²) in [7, 11) is 3.43. The summed E-state index contributed by atoms with van der Waals surface area (Å²) in [6.45, 7) is 3.98. The first kappa shape index (κ1) is 19.9. The second-order valence-electron chi connectivity index (χ2n) is 7.45. The summed E-state index contributed by atoms with van der Waals surface area (Å²) in [6.07, 6.45) is 6.55. The van der Waals surface area contributed by atoms with Crippen LogP contribution in [0.2, 0.25) is 0 Å². The second kappa shape index (κ2) is 8.17. The molecule has 1 aliphatic heterocycles. The molecule has 0 radical (unpaired) electrons. The number of anilines is 1. The smallest absolute Gasteiger partial charge is 0.274 e. The molecule has 0 unspecified atom stereocenters. The highest BCUT2D eigenvalue weighted by molar-refractivity contribution is 6.05. The molecule has 9 heteroatoms. The van der Waals surface area contributed by atoms with Crippen LogP contribution in [0.3, 0.4) is 0 Å². The fraction of sp³-hybridized carbons (Fsp3) is 0.429. The maximum Gasteiger partial charge on any atom is 0.274 e. The number of piperidine rings is 1. The van der Waals surface area contributed by atoms with Crippen LogP contribution in [0.25, 0.3) is 10.9 Å². The van der Waals surface area contributed by atoms with Crippen LogP contribution < -0.4 is 15.2 Å². The minimum Gasteiger partial charge on any atom is -0.481 e. The zero-order valence-corrected chi connectivity index (χ0v) is 17.5. The number of pyridine rings is 1. The Balaban J connectivity index is 1.51. The van der Waals surface area contributed by atoms with Crippen LogP contribution in [0, 0.1) is 0 Å². The molecule has 0 bridgehead atoms. The third-order valence-corrected chi connectivity index (χ3v) is 5.86. The molecular formula is C21H26N6O3. The summed E-state index contributed by atoms with van der Waals surface area (Å²) in [5, 5.41) is 0.673. The van der Waals surface area contributed by atoms with Gasteiger partial charge in [0, 0.05) is 56.6 Å². The monoisotopic (exact) mass is 410 g/mol. The summed E-state index contributed by atoms with van der Waals surface area (Å²) >= 11 is 0. The Kier molecular flexibility index (Phi) is 5.43. The number of ether oxygens (including phenoxy) is 1. The van der Waals surface area contributed by atoms with Gasteiger partial charge in [0.2, 0.25) is 5.88 Å². The molecule has 1 aliphatic rings. The molecule has 0 atom stereocenters. The van der Waals surface area contributed by atoms with Gasteiger partial charge in [-0.25, -0.2) is 9.97 Å². The number of amides is 1. The molecule has 0 spiro atoms. The third-order valence-electron chi connectivity index (χ3n) is 5.86. The molecule has 1 saturated heterocycles. The highest BCUT2D eigenvalue weighted by atomic mass is 16.5. The van der Waals surface area contributed by atoms with Crippen molar-refractivity contribution in [2.24, 2.45) is 0 Å². The van der Waals surface area contributed by atoms with Crippen molar-refractivity contribution in [2.45, 2.75) is 32.4 Å². The van der Waals surface area contributed by atoms with Crippen molar-refractivity contribution in [3.05, 3.63) is 46.8 Å². The number of fused-ring (bicyclic) bond motifs is 1. The summed E-state index contributed by atoms with van der Waals surface area (Å²) < 4.78 is 6.76. The standard InChI is InChI=1S/C21H26N6O3/c1-4-26-12-16(15-5-8-22-19(15)21(26)29)20(28)25(2)14-6-9-27(10-7-14)17-11-18(30-3)24-13-23-17/h5,8,11-14,22H,4,6-7,9-10H2,1-3H3. The lowest BCUT2D eigenvalue weighted by atomic mass is 10.0. The first-order valence-electron chi connectivity index (χ1n) is 10.1. The first-order valence-corrected chi connectivity index (χ1v) is 10.1. The van der Waals surface area contributed by atoms with E-state index in [2.05, 4.69) is 19.9 Å². The molecular weight excluding hydrogens is 384 g/mol. The molecule has 1 fully saturated rings. The van der Waals surface area contributed by atoms with Crippen molar-refractivity contribution in [2.75, 3.05) is 32.1 Å². The van der Waals surface area contributed by atoms with E-state index < -0.39 is 0 Å². The lowest BCUT2D eigenvalue weighted by Gasteiger charge is -2.37. The maximum absolute atomic E-state index is 13.3. The number of nitrogens with one attached hydrogen (secondary N) is 1. The minimum absolute atomic E-state index is 0.0658. The average Bonchev–Trinajstić information content (AvgIpc) is 3.29. The Morgan fingerprint density at radius 1 is 1.33 bits per heavy atom. The van der Waals surface area contributed by atoms with Gasteiger partial charge in [-0.1, -0.05) is 0 Å². The number of nitrogens with zero attached hydrogens (tertiary/aromatic N) is 5. The van der Waals surface area contributed by atoms with E-state index in [4.69, 9.17) is 4.74 Å². The third kappa shape index (κ3) is 3.51. The number of rotatable bonds is 5. The topological polar surface area (TPSA) is 96.3 Å². The Hall–Kier alpha value is -3.36. The summed E-state index contributed by atoms with van der Waals surface area (Å²) in [5.74, 6) is 1.30. The Morgan fingerprint density at radius 3 is 2.80 bits per heavy atom. The number of aromatic amines is 1. The average molecular weight is 410 g/mol. The molecule has 9 nitrogen and oxygen atoms in total. The van der Waals surface area contributed by atoms with E-state index >= 15 is 0 Å². The van der Waals surface area contributed by atoms with Crippen LogP contribution >= 0.6 is 0 Å². The number of aryl methyl sites for hydroxylation is 1. The number of carbonyl (C=O) groups excluding carboxylic acids is 1. The van der Waals surface area contributed by atoms with Gasteiger partial charge in [-0.15, -0.1) is 0 Å². The van der Waals surface area contributed by atoms with Crippen molar-refractivity contribution in [1.82, 2.24) is 24.4 Å². The number of aromatic nitrogens is 4. The van der Waals surface area contributed by atoms with E-state index in [0.29, 0.717) is 28.9 Å². The second-order valence-corrected chi connectivity index (χ2v) is 7.45. The molecule has 3 aromatic rings. The number of carbonyl (C=O) groups is 1. The van der Waals surface area contributed by atoms with E-state index in [0.717, 1.165) is 31.7 Å². The van der Waals surface area contributed by atoms with Crippen molar-refractivity contribution >= 4 is 22.6 Å². The summed E-state index contributed by atoms with van der Waals surface area (Å²) in [4.78, 5) is 41.1. The van der Waals surface area contributed by atoms with E-state index in [-0.39, 0.29) is 17.5 Å². The number of hydrogen-bond donors (Lipinski definition) is 1. The van der Waals surface area contributed by atoms with Crippen molar-refractivity contribution in [3.63, 3.8) is 0 Å². The number of methoxy groups -OCH3 is 1. The minimum atomic E-state index is -0.106. The van der Waals surface area contributed by atoms with Crippen LogP contribution in [0.1, 0.15) is 30.1 Å². The lowest BCUT2D eigenvalue weighted by Crippen LogP contribution is -2.46. The first-order chi connectivity index (χ1) is 14.5. The molecule has 1 N–H and O–H groups in total. The number of hydrogen-bond acceptors (Lipinski definition) is 6. The molecule has 4 rings (SSSR count). The SMILES string of the molecule is CCn1cc(C(=O)N(C)C2CCN(c3cc(OC)ncn3)CC2)c2cc[nH]c2c1=O. The predicted octanol–water partition coefficient (Wildman–Crippen LogP) is 1.89. The Bertz CT molecular complexity index is 1110. The molecule has 30 heavy (non-hydrogen) atoms. The molecule has 158 valence electrons. The maximum atomic E-state index is 13.3. The predicted molar refractivity (Wildman–Crippen MR) is 114 cm³/mol. The zero-order chi connectivity index (χ0) is 21.3. The number of H-pyrrole nitrogens is 1. The fourth-order valence-corrected chi connectivity index (χ4v) is 4.06. The van der Waals surface area contributed by atoms with E-state index in [1.54, 1.807) is 30.1 Å². The van der Waals surface area contributed by atoms with Crippen LogP contribution in [0.4, 0.5) is 5.82 Å². The van der Waals surface area contributed by atoms with E-state index in [1.807, 2.05) is 24.9 Å². The molecule has 1 amide bonds. The van der Waals surface area contributed by atoms with Gasteiger partial charge in [0.1, 0.15) is 17.7 Å². The van der Waals surface area contributed by atoms with Gasteiger partial charge in [0.15, 0.2) is 0 Å². The van der Waals surface area contributed by atoms with Gasteiger partial charge in [0.25, 0.3) is 11.5 Å². The van der Waals surface area contributed by atoms with Gasteiger partial charge in [-0.05, 0) is 25.8 Å². The fourth-order valence-electron chi connectivity index (χ4n) is 4.06. The van der Waals surface area contributed by atoms with E-state index in [1.165, 1.54) is 6.33 Å². The molecule has 0 aliphatic carbocycles. The van der Waals surface area contributed by atoms with Crippen molar-refractivity contribution in [1.29, 1.82) is 0 Å². The molecule has 3 aromatic heterocycles. The quantitative estimate of drug-likeness (QED) is 0.690. The molecule has 0 saturated carbocycles. The highest BCUT2D eigenvalue weighted by Crippen LogP contribution is 2.24. The van der Waals surface area contributed by atoms with Gasteiger partial charge in [0.05, 0.1) is 12.7 Å². The van der Waals surface area contributed by atoms with Crippen molar-refractivity contribution in [3.8, 4) is 5.88 Å². The Labute approximate surface area is 174 Å². The van der Waals surface area contributed by atoms with Gasteiger partial charge >= 0.3 is 0 Å². The van der Waals surface area contributed by atoms with Gasteiger partial charge in [-0.2, -0.15) is 0 Å². The van der Waals surface area contributed by atoms with Crippen LogP contribution in [-0.2, 0) is 6.54 Å². The highest BCUT2D eigenvalue weighted by Gasteiger charge is 2.28. The largest absolute Gasteiger partial charge is 0.481 e. The lowest BCUT2D eigenvalue weighted by molar-refractivity contribution is 0.0710. The summed E-state index contributed by atoms with van der Waals surface area (Å²) in [5.41, 5.74) is 0.923. The molecule has 0 aromatic carbocycles. The van der Waals surface area contributed by atoms with Crippen molar-refractivity contribution < 1.29 is 9.53 Å². The van der Waals surface area contributed by atoms with Gasteiger partial charge < -0.3 is 24.1 Å². The van der Waals surface area contributed by atoms with Gasteiger partial charge in [-0.3, -0.25) is 9.59 Å². The van der Waals surface area contributed by atoms with E-state index in [9.17, 15) is 9.59 Å². The normalized spacial score (nSPS) is 14.8. The zero-order valence-electron chi connectivity index (χ0n) is 17.5. The van der Waals surface area contributed by atoms with Crippen LogP contribution in [0.5, 0.6) is 5.88 Å². The Morgan fingerprint density at radius 2 is 2.10 bits per heavy atom. The van der Waals surface area contributed by atoms with Crippen LogP contribution in [0.15, 0.2) is 35.6 Å². The summed E-state index contributed by atoms with van der Waals surface area (Å²) in [6, 6.07) is 3.74. The molecule has 4 heterocycles.